The lowest BCUT2D eigenvalue weighted by Gasteiger charge is -2.09. The molecule has 9 heteroatoms. The van der Waals surface area contributed by atoms with Crippen molar-refractivity contribution < 1.29 is 22.0 Å². The van der Waals surface area contributed by atoms with E-state index in [4.69, 9.17) is 5.73 Å². The molecule has 0 aromatic heterocycles. The number of amides is 1. The molecule has 0 aliphatic rings. The molecule has 4 N–H and O–H groups in total. The van der Waals surface area contributed by atoms with Gasteiger partial charge in [-0.2, -0.15) is 0 Å². The monoisotopic (exact) mass is 321 g/mol. The lowest BCUT2D eigenvalue weighted by Crippen LogP contribution is -2.31. The summed E-state index contributed by atoms with van der Waals surface area (Å²) in [6.07, 6.45) is 0.676. The average molecular weight is 321 g/mol. The molecule has 0 heterocycles. The molecule has 1 rings (SSSR count). The second-order valence-electron chi connectivity index (χ2n) is 4.27. The van der Waals surface area contributed by atoms with Crippen molar-refractivity contribution in [3.05, 3.63) is 23.8 Å². The van der Waals surface area contributed by atoms with E-state index in [0.29, 0.717) is 6.54 Å². The highest BCUT2D eigenvalue weighted by atomic mass is 32.2. The Bertz CT molecular complexity index is 620. The Balaban J connectivity index is 2.71. The number of halogens is 2. The van der Waals surface area contributed by atoms with Crippen molar-refractivity contribution in [1.29, 1.82) is 0 Å². The Morgan fingerprint density at radius 3 is 2.57 bits per heavy atom. The Labute approximate surface area is 121 Å². The SMILES string of the molecule is CCCNC(=O)CCNS(=O)(=O)c1ccc(F)c(N)c1F. The number of hydrogen-bond acceptors (Lipinski definition) is 4. The van der Waals surface area contributed by atoms with Crippen LogP contribution in [0.25, 0.3) is 0 Å². The number of carbonyl (C=O) groups is 1. The third-order valence-corrected chi connectivity index (χ3v) is 4.08. The topological polar surface area (TPSA) is 101 Å². The van der Waals surface area contributed by atoms with Crippen LogP contribution in [0.3, 0.4) is 0 Å². The summed E-state index contributed by atoms with van der Waals surface area (Å²) in [4.78, 5) is 10.5. The molecule has 0 aliphatic carbocycles. The van der Waals surface area contributed by atoms with Gasteiger partial charge in [-0.1, -0.05) is 6.92 Å². The Morgan fingerprint density at radius 2 is 1.95 bits per heavy atom. The maximum atomic E-state index is 13.6. The Hall–Kier alpha value is -1.74. The van der Waals surface area contributed by atoms with Crippen LogP contribution in [0.1, 0.15) is 19.8 Å². The van der Waals surface area contributed by atoms with E-state index in [1.54, 1.807) is 0 Å². The molecule has 1 aromatic carbocycles. The van der Waals surface area contributed by atoms with E-state index >= 15 is 0 Å². The van der Waals surface area contributed by atoms with Crippen LogP contribution in [0.2, 0.25) is 0 Å². The number of carbonyl (C=O) groups excluding carboxylic acids is 1. The average Bonchev–Trinajstić information content (AvgIpc) is 2.42. The predicted octanol–water partition coefficient (Wildman–Crippen LogP) is 0.742. The largest absolute Gasteiger partial charge is 0.394 e. The number of hydrogen-bond donors (Lipinski definition) is 3. The highest BCUT2D eigenvalue weighted by molar-refractivity contribution is 7.89. The van der Waals surface area contributed by atoms with Crippen LogP contribution in [-0.4, -0.2) is 27.4 Å². The van der Waals surface area contributed by atoms with Crippen molar-refractivity contribution in [3.63, 3.8) is 0 Å². The third-order valence-electron chi connectivity index (χ3n) is 2.60. The Kier molecular flexibility index (Phi) is 6.03. The van der Waals surface area contributed by atoms with Gasteiger partial charge in [-0.15, -0.1) is 0 Å². The molecule has 0 saturated heterocycles. The molecule has 118 valence electrons. The number of nitrogens with two attached hydrogens (primary N) is 1. The normalized spacial score (nSPS) is 11.4. The first-order valence-corrected chi connectivity index (χ1v) is 7.77. The quantitative estimate of drug-likeness (QED) is 0.645. The maximum absolute atomic E-state index is 13.6. The summed E-state index contributed by atoms with van der Waals surface area (Å²) >= 11 is 0. The van der Waals surface area contributed by atoms with Gasteiger partial charge in [0.2, 0.25) is 15.9 Å². The van der Waals surface area contributed by atoms with Gasteiger partial charge in [0.1, 0.15) is 16.4 Å². The van der Waals surface area contributed by atoms with Crippen LogP contribution < -0.4 is 15.8 Å². The van der Waals surface area contributed by atoms with E-state index in [0.717, 1.165) is 18.6 Å². The molecule has 0 bridgehead atoms. The van der Waals surface area contributed by atoms with Crippen molar-refractivity contribution in [2.75, 3.05) is 18.8 Å². The molecule has 0 saturated carbocycles. The smallest absolute Gasteiger partial charge is 0.243 e. The van der Waals surface area contributed by atoms with E-state index in [-0.39, 0.29) is 18.9 Å². The summed E-state index contributed by atoms with van der Waals surface area (Å²) in [7, 11) is -4.20. The predicted molar refractivity (Wildman–Crippen MR) is 73.9 cm³/mol. The van der Waals surface area contributed by atoms with Crippen molar-refractivity contribution in [1.82, 2.24) is 10.0 Å². The molecule has 1 aromatic rings. The summed E-state index contributed by atoms with van der Waals surface area (Å²) in [6.45, 7) is 2.17. The van der Waals surface area contributed by atoms with Crippen LogP contribution in [0.15, 0.2) is 17.0 Å². The number of rotatable bonds is 7. The molecular formula is C12H17F2N3O3S. The standard InChI is InChI=1S/C12H17F2N3O3S/c1-2-6-16-10(18)5-7-17-21(19,20)9-4-3-8(13)12(15)11(9)14/h3-4,17H,2,5-7,15H2,1H3,(H,16,18). The van der Waals surface area contributed by atoms with Crippen LogP contribution in [0.5, 0.6) is 0 Å². The zero-order valence-corrected chi connectivity index (χ0v) is 12.3. The van der Waals surface area contributed by atoms with E-state index in [1.165, 1.54) is 0 Å². The summed E-state index contributed by atoms with van der Waals surface area (Å²) in [5.41, 5.74) is 4.24. The highest BCUT2D eigenvalue weighted by Crippen LogP contribution is 2.22. The van der Waals surface area contributed by atoms with Crippen molar-refractivity contribution in [2.24, 2.45) is 0 Å². The number of nitrogens with one attached hydrogen (secondary N) is 2. The van der Waals surface area contributed by atoms with Crippen LogP contribution >= 0.6 is 0 Å². The minimum absolute atomic E-state index is 0.0858. The fourth-order valence-electron chi connectivity index (χ4n) is 1.49. The number of nitrogen functional groups attached to an aromatic ring is 1. The van der Waals surface area contributed by atoms with E-state index in [1.807, 2.05) is 6.92 Å². The lowest BCUT2D eigenvalue weighted by molar-refractivity contribution is -0.120. The first-order chi connectivity index (χ1) is 9.79. The summed E-state index contributed by atoms with van der Waals surface area (Å²) < 4.78 is 52.4. The molecule has 1 amide bonds. The number of anilines is 1. The molecular weight excluding hydrogens is 304 g/mol. The molecule has 21 heavy (non-hydrogen) atoms. The van der Waals surface area contributed by atoms with Crippen LogP contribution in [-0.2, 0) is 14.8 Å². The first-order valence-electron chi connectivity index (χ1n) is 6.29. The van der Waals surface area contributed by atoms with Gasteiger partial charge in [0.15, 0.2) is 5.82 Å². The fourth-order valence-corrected chi connectivity index (χ4v) is 2.61. The molecule has 0 fully saturated rings. The van der Waals surface area contributed by atoms with Gasteiger partial charge >= 0.3 is 0 Å². The van der Waals surface area contributed by atoms with Crippen LogP contribution in [0, 0.1) is 11.6 Å². The van der Waals surface area contributed by atoms with Crippen molar-refractivity contribution in [3.8, 4) is 0 Å². The summed E-state index contributed by atoms with van der Waals surface area (Å²) in [5.74, 6) is -2.71. The van der Waals surface area contributed by atoms with Gasteiger partial charge < -0.3 is 11.1 Å². The van der Waals surface area contributed by atoms with E-state index < -0.39 is 32.2 Å². The summed E-state index contributed by atoms with van der Waals surface area (Å²) in [5, 5.41) is 2.57. The zero-order chi connectivity index (χ0) is 16.0. The first kappa shape index (κ1) is 17.3. The van der Waals surface area contributed by atoms with Gasteiger partial charge in [-0.3, -0.25) is 4.79 Å². The van der Waals surface area contributed by atoms with Crippen molar-refractivity contribution >= 4 is 21.6 Å². The van der Waals surface area contributed by atoms with Gasteiger partial charge in [0.25, 0.3) is 0 Å². The van der Waals surface area contributed by atoms with E-state index in [9.17, 15) is 22.0 Å². The van der Waals surface area contributed by atoms with Crippen LogP contribution in [0.4, 0.5) is 14.5 Å². The molecule has 0 radical (unpaired) electrons. The highest BCUT2D eigenvalue weighted by Gasteiger charge is 2.22. The van der Waals surface area contributed by atoms with Gasteiger partial charge in [0.05, 0.1) is 0 Å². The number of benzene rings is 1. The summed E-state index contributed by atoms with van der Waals surface area (Å²) in [6, 6.07) is 1.54. The maximum Gasteiger partial charge on any atom is 0.243 e. The Morgan fingerprint density at radius 1 is 1.29 bits per heavy atom. The molecule has 0 spiro atoms. The van der Waals surface area contributed by atoms with Gasteiger partial charge in [0, 0.05) is 19.5 Å². The molecule has 0 atom stereocenters. The molecule has 0 unspecified atom stereocenters. The minimum atomic E-state index is -4.20. The molecule has 6 nitrogen and oxygen atoms in total. The fraction of sp³-hybridized carbons (Fsp3) is 0.417. The second-order valence-corrected chi connectivity index (χ2v) is 6.01. The zero-order valence-electron chi connectivity index (χ0n) is 11.4. The second kappa shape index (κ2) is 7.32. The lowest BCUT2D eigenvalue weighted by atomic mass is 10.3. The molecule has 0 aliphatic heterocycles. The minimum Gasteiger partial charge on any atom is -0.394 e. The van der Waals surface area contributed by atoms with Crippen molar-refractivity contribution in [2.45, 2.75) is 24.7 Å². The van der Waals surface area contributed by atoms with Gasteiger partial charge in [-0.25, -0.2) is 21.9 Å². The number of sulfonamides is 1. The van der Waals surface area contributed by atoms with E-state index in [2.05, 4.69) is 10.0 Å². The third kappa shape index (κ3) is 4.64. The van der Waals surface area contributed by atoms with Gasteiger partial charge in [-0.05, 0) is 18.6 Å².